The van der Waals surface area contributed by atoms with Gasteiger partial charge < -0.3 is 15.0 Å². The summed E-state index contributed by atoms with van der Waals surface area (Å²) < 4.78 is 5.55. The summed E-state index contributed by atoms with van der Waals surface area (Å²) in [5.74, 6) is 0.791. The second-order valence-corrected chi connectivity index (χ2v) is 8.91. The lowest BCUT2D eigenvalue weighted by atomic mass is 9.94. The second kappa shape index (κ2) is 11.3. The van der Waals surface area contributed by atoms with Crippen molar-refractivity contribution in [3.05, 3.63) is 60.2 Å². The van der Waals surface area contributed by atoms with Gasteiger partial charge in [-0.15, -0.1) is 0 Å². The lowest BCUT2D eigenvalue weighted by Gasteiger charge is -2.31. The van der Waals surface area contributed by atoms with E-state index >= 15 is 0 Å². The number of ether oxygens (including phenoxy) is 1. The molecule has 4 rings (SSSR count). The van der Waals surface area contributed by atoms with Gasteiger partial charge in [0.15, 0.2) is 0 Å². The van der Waals surface area contributed by atoms with E-state index in [4.69, 9.17) is 9.72 Å². The molecule has 1 N–H and O–H groups in total. The van der Waals surface area contributed by atoms with Crippen LogP contribution in [0.2, 0.25) is 0 Å². The number of carbonyl (C=O) groups excluding carboxylic acids is 1. The van der Waals surface area contributed by atoms with Gasteiger partial charge in [-0.1, -0.05) is 37.5 Å². The third-order valence-electron chi connectivity index (χ3n) is 6.59. The number of fused-ring (bicyclic) bond motifs is 1. The van der Waals surface area contributed by atoms with Crippen LogP contribution >= 0.6 is 0 Å². The minimum absolute atomic E-state index is 0.0406. The highest BCUT2D eigenvalue weighted by atomic mass is 16.5. The van der Waals surface area contributed by atoms with Crippen LogP contribution in [0.25, 0.3) is 22.2 Å². The molecule has 1 aliphatic carbocycles. The molecular weight excluding hydrogens is 410 g/mol. The molecule has 0 spiro atoms. The minimum Gasteiger partial charge on any atom is -0.494 e. The van der Waals surface area contributed by atoms with Crippen LogP contribution in [0.4, 0.5) is 0 Å². The Morgan fingerprint density at radius 1 is 1.09 bits per heavy atom. The van der Waals surface area contributed by atoms with Crippen molar-refractivity contribution in [1.82, 2.24) is 15.2 Å². The molecule has 0 bridgehead atoms. The van der Waals surface area contributed by atoms with E-state index < -0.39 is 0 Å². The molecule has 3 aromatic rings. The first-order valence-corrected chi connectivity index (χ1v) is 12.3. The van der Waals surface area contributed by atoms with E-state index in [2.05, 4.69) is 17.3 Å². The lowest BCUT2D eigenvalue weighted by molar-refractivity contribution is 0.0952. The van der Waals surface area contributed by atoms with Crippen LogP contribution in [0.15, 0.2) is 54.6 Å². The monoisotopic (exact) mass is 445 g/mol. The molecule has 1 aromatic heterocycles. The summed E-state index contributed by atoms with van der Waals surface area (Å²) in [6.07, 6.45) is 7.63. The number of nitrogens with zero attached hydrogens (tertiary/aromatic N) is 2. The summed E-state index contributed by atoms with van der Waals surface area (Å²) in [5.41, 5.74) is 3.25. The van der Waals surface area contributed by atoms with Crippen LogP contribution in [0.5, 0.6) is 5.75 Å². The van der Waals surface area contributed by atoms with Gasteiger partial charge in [-0.2, -0.15) is 0 Å². The molecule has 0 atom stereocenters. The molecule has 0 radical (unpaired) electrons. The number of nitrogens with one attached hydrogen (secondary N) is 1. The fourth-order valence-corrected chi connectivity index (χ4v) is 4.73. The summed E-state index contributed by atoms with van der Waals surface area (Å²) in [6.45, 7) is 4.29. The number of pyridine rings is 1. The number of hydrogen-bond acceptors (Lipinski definition) is 4. The van der Waals surface area contributed by atoms with Gasteiger partial charge in [0, 0.05) is 23.5 Å². The summed E-state index contributed by atoms with van der Waals surface area (Å²) in [6, 6.07) is 18.3. The topological polar surface area (TPSA) is 54.5 Å². The average Bonchev–Trinajstić information content (AvgIpc) is 2.87. The second-order valence-electron chi connectivity index (χ2n) is 8.91. The number of rotatable bonds is 9. The molecule has 1 aliphatic rings. The maximum absolute atomic E-state index is 13.2. The van der Waals surface area contributed by atoms with E-state index in [-0.39, 0.29) is 5.91 Å². The predicted molar refractivity (Wildman–Crippen MR) is 135 cm³/mol. The van der Waals surface area contributed by atoms with Gasteiger partial charge >= 0.3 is 0 Å². The van der Waals surface area contributed by atoms with Gasteiger partial charge in [0.05, 0.1) is 23.4 Å². The number of para-hydroxylation sites is 1. The first-order valence-electron chi connectivity index (χ1n) is 12.3. The molecule has 1 fully saturated rings. The van der Waals surface area contributed by atoms with Crippen LogP contribution in [-0.4, -0.2) is 48.6 Å². The van der Waals surface area contributed by atoms with E-state index in [1.54, 1.807) is 0 Å². The van der Waals surface area contributed by atoms with Crippen molar-refractivity contribution in [2.75, 3.05) is 26.7 Å². The fourth-order valence-electron chi connectivity index (χ4n) is 4.73. The van der Waals surface area contributed by atoms with E-state index in [1.807, 2.05) is 61.5 Å². The highest BCUT2D eigenvalue weighted by Crippen LogP contribution is 2.26. The van der Waals surface area contributed by atoms with Crippen LogP contribution in [0.1, 0.15) is 55.8 Å². The summed E-state index contributed by atoms with van der Waals surface area (Å²) in [5, 5.41) is 4.02. The molecule has 2 aromatic carbocycles. The van der Waals surface area contributed by atoms with Crippen LogP contribution < -0.4 is 10.1 Å². The van der Waals surface area contributed by atoms with Crippen molar-refractivity contribution in [2.45, 2.75) is 51.5 Å². The van der Waals surface area contributed by atoms with Crippen molar-refractivity contribution in [3.63, 3.8) is 0 Å². The molecule has 5 nitrogen and oxygen atoms in total. The molecule has 1 saturated carbocycles. The Labute approximate surface area is 197 Å². The van der Waals surface area contributed by atoms with Gasteiger partial charge in [-0.05, 0) is 76.2 Å². The van der Waals surface area contributed by atoms with Gasteiger partial charge in [-0.25, -0.2) is 4.98 Å². The zero-order chi connectivity index (χ0) is 23.0. The quantitative estimate of drug-likeness (QED) is 0.430. The fraction of sp³-hybridized carbons (Fsp3) is 0.429. The van der Waals surface area contributed by atoms with Gasteiger partial charge in [-0.3, -0.25) is 4.79 Å². The zero-order valence-corrected chi connectivity index (χ0v) is 19.8. The van der Waals surface area contributed by atoms with E-state index in [1.165, 1.54) is 32.1 Å². The first kappa shape index (κ1) is 23.2. The number of aromatic nitrogens is 1. The number of carbonyl (C=O) groups is 1. The molecular formula is C28H35N3O2. The van der Waals surface area contributed by atoms with Crippen LogP contribution in [0.3, 0.4) is 0 Å². The van der Waals surface area contributed by atoms with Crippen LogP contribution in [0, 0.1) is 0 Å². The van der Waals surface area contributed by atoms with Crippen molar-refractivity contribution in [3.8, 4) is 17.0 Å². The van der Waals surface area contributed by atoms with E-state index in [0.29, 0.717) is 24.8 Å². The molecule has 0 saturated heterocycles. The highest BCUT2D eigenvalue weighted by molar-refractivity contribution is 6.07. The Bertz CT molecular complexity index is 1060. The molecule has 5 heteroatoms. The van der Waals surface area contributed by atoms with Crippen molar-refractivity contribution in [1.29, 1.82) is 0 Å². The Hall–Kier alpha value is -2.92. The van der Waals surface area contributed by atoms with Crippen molar-refractivity contribution >= 4 is 16.8 Å². The summed E-state index contributed by atoms with van der Waals surface area (Å²) in [7, 11) is 2.22. The van der Waals surface area contributed by atoms with Gasteiger partial charge in [0.2, 0.25) is 0 Å². The smallest absolute Gasteiger partial charge is 0.252 e. The minimum atomic E-state index is -0.0406. The normalized spacial score (nSPS) is 14.5. The van der Waals surface area contributed by atoms with Gasteiger partial charge in [0.25, 0.3) is 5.91 Å². The number of hydrogen-bond donors (Lipinski definition) is 1. The SMILES string of the molecule is CCOc1ccc(-c2cc(C(=O)NCCCN(C)C3CCCCC3)c3ccccc3n2)cc1. The Balaban J connectivity index is 1.45. The lowest BCUT2D eigenvalue weighted by Crippen LogP contribution is -2.35. The highest BCUT2D eigenvalue weighted by Gasteiger charge is 2.18. The molecule has 0 aliphatic heterocycles. The Kier molecular flexibility index (Phi) is 7.95. The number of amides is 1. The standard InChI is InChI=1S/C28H35N3O2/c1-3-33-23-16-14-21(15-17-23)27-20-25(24-12-7-8-13-26(24)30-27)28(32)29-18-9-19-31(2)22-10-5-4-6-11-22/h7-8,12-17,20,22H,3-6,9-11,18-19H2,1-2H3,(H,29,32). The first-order chi connectivity index (χ1) is 16.2. The molecule has 1 amide bonds. The third-order valence-corrected chi connectivity index (χ3v) is 6.59. The van der Waals surface area contributed by atoms with E-state index in [0.717, 1.165) is 40.9 Å². The zero-order valence-electron chi connectivity index (χ0n) is 19.8. The molecule has 0 unspecified atom stereocenters. The maximum Gasteiger partial charge on any atom is 0.252 e. The summed E-state index contributed by atoms with van der Waals surface area (Å²) >= 11 is 0. The average molecular weight is 446 g/mol. The maximum atomic E-state index is 13.2. The Morgan fingerprint density at radius 2 is 1.85 bits per heavy atom. The summed E-state index contributed by atoms with van der Waals surface area (Å²) in [4.78, 5) is 20.4. The molecule has 174 valence electrons. The van der Waals surface area contributed by atoms with Crippen molar-refractivity contribution < 1.29 is 9.53 Å². The molecule has 33 heavy (non-hydrogen) atoms. The van der Waals surface area contributed by atoms with Crippen LogP contribution in [-0.2, 0) is 0 Å². The Morgan fingerprint density at radius 3 is 2.61 bits per heavy atom. The number of benzene rings is 2. The van der Waals surface area contributed by atoms with Gasteiger partial charge in [0.1, 0.15) is 5.75 Å². The molecule has 1 heterocycles. The van der Waals surface area contributed by atoms with E-state index in [9.17, 15) is 4.79 Å². The van der Waals surface area contributed by atoms with Crippen molar-refractivity contribution in [2.24, 2.45) is 0 Å². The third kappa shape index (κ3) is 5.91. The largest absolute Gasteiger partial charge is 0.494 e. The predicted octanol–water partition coefficient (Wildman–Crippen LogP) is 5.68.